The third kappa shape index (κ3) is 2.59. The maximum atomic E-state index is 4.86. The van der Waals surface area contributed by atoms with E-state index in [2.05, 4.69) is 27.4 Å². The zero-order valence-electron chi connectivity index (χ0n) is 12.2. The molecule has 2 unspecified atom stereocenters. The normalized spacial score (nSPS) is 30.8. The molecule has 1 saturated carbocycles. The molecule has 0 bridgehead atoms. The smallest absolute Gasteiger partial charge is 0.185 e. The average Bonchev–Trinajstić information content (AvgIpc) is 2.97. The Bertz CT molecular complexity index is 470. The van der Waals surface area contributed by atoms with Gasteiger partial charge in [-0.2, -0.15) is 0 Å². The largest absolute Gasteiger partial charge is 0.343 e. The summed E-state index contributed by atoms with van der Waals surface area (Å²) in [4.78, 5) is 10.1. The second kappa shape index (κ2) is 5.28. The molecule has 4 rings (SSSR count). The number of anilines is 1. The molecule has 3 aliphatic rings. The maximum absolute atomic E-state index is 4.86. The highest BCUT2D eigenvalue weighted by molar-refractivity contribution is 7.13. The molecule has 2 saturated heterocycles. The van der Waals surface area contributed by atoms with E-state index in [0.29, 0.717) is 6.04 Å². The van der Waals surface area contributed by atoms with Crippen molar-refractivity contribution in [3.63, 3.8) is 0 Å². The number of aromatic nitrogens is 1. The van der Waals surface area contributed by atoms with Crippen molar-refractivity contribution in [3.8, 4) is 0 Å². The Morgan fingerprint density at radius 3 is 3.10 bits per heavy atom. The number of thiazole rings is 1. The number of fused-ring (bicyclic) bond motifs is 1. The molecule has 0 aromatic carbocycles. The van der Waals surface area contributed by atoms with Crippen molar-refractivity contribution in [1.29, 1.82) is 0 Å². The molecular formula is C15H24N4S. The number of nitrogens with one attached hydrogen (secondary N) is 1. The Balaban J connectivity index is 1.42. The first-order valence-electron chi connectivity index (χ1n) is 7.98. The van der Waals surface area contributed by atoms with Gasteiger partial charge >= 0.3 is 0 Å². The fourth-order valence-electron chi connectivity index (χ4n) is 3.50. The van der Waals surface area contributed by atoms with E-state index in [9.17, 15) is 0 Å². The fraction of sp³-hybridized carbons (Fsp3) is 0.800. The van der Waals surface area contributed by atoms with Crippen LogP contribution in [0.5, 0.6) is 0 Å². The minimum absolute atomic E-state index is 0.597. The van der Waals surface area contributed by atoms with Crippen molar-refractivity contribution < 1.29 is 0 Å². The SMILES string of the molecule is CC1CN2CCCC2CN1c1nc(CNC2CC2)cs1. The van der Waals surface area contributed by atoms with Crippen molar-refractivity contribution >= 4 is 16.5 Å². The molecule has 1 N–H and O–H groups in total. The molecule has 0 spiro atoms. The van der Waals surface area contributed by atoms with Gasteiger partial charge in [-0.1, -0.05) is 0 Å². The number of rotatable bonds is 4. The summed E-state index contributed by atoms with van der Waals surface area (Å²) >= 11 is 1.82. The average molecular weight is 292 g/mol. The van der Waals surface area contributed by atoms with Gasteiger partial charge in [-0.15, -0.1) is 11.3 Å². The van der Waals surface area contributed by atoms with Gasteiger partial charge in [-0.3, -0.25) is 4.90 Å². The van der Waals surface area contributed by atoms with E-state index in [4.69, 9.17) is 4.98 Å². The third-order valence-electron chi connectivity index (χ3n) is 4.87. The van der Waals surface area contributed by atoms with Gasteiger partial charge in [-0.25, -0.2) is 4.98 Å². The Morgan fingerprint density at radius 2 is 2.25 bits per heavy atom. The van der Waals surface area contributed by atoms with Crippen LogP contribution in [-0.4, -0.2) is 47.6 Å². The molecule has 5 heteroatoms. The lowest BCUT2D eigenvalue weighted by molar-refractivity contribution is 0.203. The topological polar surface area (TPSA) is 31.4 Å². The molecule has 2 atom stereocenters. The zero-order chi connectivity index (χ0) is 13.5. The first-order valence-corrected chi connectivity index (χ1v) is 8.86. The second-order valence-corrected chi connectivity index (χ2v) is 7.41. The first kappa shape index (κ1) is 13.0. The molecule has 1 aromatic heterocycles. The van der Waals surface area contributed by atoms with Crippen LogP contribution in [0, 0.1) is 0 Å². The fourth-order valence-corrected chi connectivity index (χ4v) is 4.44. The summed E-state index contributed by atoms with van der Waals surface area (Å²) in [5, 5.41) is 7.02. The van der Waals surface area contributed by atoms with Crippen molar-refractivity contribution in [2.75, 3.05) is 24.5 Å². The van der Waals surface area contributed by atoms with Crippen molar-refractivity contribution in [2.45, 2.75) is 57.3 Å². The van der Waals surface area contributed by atoms with Crippen molar-refractivity contribution in [3.05, 3.63) is 11.1 Å². The summed E-state index contributed by atoms with van der Waals surface area (Å²) in [5.74, 6) is 0. The minimum atomic E-state index is 0.597. The molecule has 0 radical (unpaired) electrons. The van der Waals surface area contributed by atoms with Gasteiger partial charge in [-0.05, 0) is 39.2 Å². The van der Waals surface area contributed by atoms with E-state index in [1.165, 1.54) is 56.1 Å². The molecule has 2 aliphatic heterocycles. The standard InChI is InChI=1S/C15H24N4S/c1-11-8-18-6-2-3-14(18)9-19(11)15-17-13(10-20-15)7-16-12-4-5-12/h10-12,14,16H,2-9H2,1H3. The van der Waals surface area contributed by atoms with Crippen molar-refractivity contribution in [1.82, 2.24) is 15.2 Å². The lowest BCUT2D eigenvalue weighted by atomic mass is 10.1. The van der Waals surface area contributed by atoms with Gasteiger partial charge < -0.3 is 10.2 Å². The predicted octanol–water partition coefficient (Wildman–Crippen LogP) is 2.07. The summed E-state index contributed by atoms with van der Waals surface area (Å²) in [6, 6.07) is 2.13. The van der Waals surface area contributed by atoms with Gasteiger partial charge in [0.2, 0.25) is 0 Å². The van der Waals surface area contributed by atoms with E-state index in [1.807, 2.05) is 11.3 Å². The maximum Gasteiger partial charge on any atom is 0.185 e. The van der Waals surface area contributed by atoms with E-state index in [-0.39, 0.29) is 0 Å². The number of piperazine rings is 1. The van der Waals surface area contributed by atoms with Crippen LogP contribution in [0.25, 0.3) is 0 Å². The molecule has 0 amide bonds. The molecular weight excluding hydrogens is 268 g/mol. The van der Waals surface area contributed by atoms with Crippen molar-refractivity contribution in [2.24, 2.45) is 0 Å². The zero-order valence-corrected chi connectivity index (χ0v) is 13.0. The van der Waals surface area contributed by atoms with Crippen LogP contribution in [0.15, 0.2) is 5.38 Å². The van der Waals surface area contributed by atoms with Gasteiger partial charge in [0.1, 0.15) is 0 Å². The van der Waals surface area contributed by atoms with E-state index >= 15 is 0 Å². The van der Waals surface area contributed by atoms with Crippen LogP contribution >= 0.6 is 11.3 Å². The molecule has 1 aromatic rings. The van der Waals surface area contributed by atoms with Gasteiger partial charge in [0.15, 0.2) is 5.13 Å². The molecule has 1 aliphatic carbocycles. The summed E-state index contributed by atoms with van der Waals surface area (Å²) < 4.78 is 0. The van der Waals surface area contributed by atoms with Crippen LogP contribution in [0.1, 0.15) is 38.3 Å². The van der Waals surface area contributed by atoms with Crippen LogP contribution in [0.4, 0.5) is 5.13 Å². The van der Waals surface area contributed by atoms with Crippen LogP contribution < -0.4 is 10.2 Å². The quantitative estimate of drug-likeness (QED) is 0.920. The Kier molecular flexibility index (Phi) is 3.44. The van der Waals surface area contributed by atoms with Gasteiger partial charge in [0, 0.05) is 43.1 Å². The highest BCUT2D eigenvalue weighted by Gasteiger charge is 2.35. The van der Waals surface area contributed by atoms with E-state index in [1.54, 1.807) is 0 Å². The highest BCUT2D eigenvalue weighted by atomic mass is 32.1. The molecule has 4 nitrogen and oxygen atoms in total. The minimum Gasteiger partial charge on any atom is -0.343 e. The Labute approximate surface area is 125 Å². The van der Waals surface area contributed by atoms with Gasteiger partial charge in [0.25, 0.3) is 0 Å². The van der Waals surface area contributed by atoms with Crippen LogP contribution in [-0.2, 0) is 6.54 Å². The summed E-state index contributed by atoms with van der Waals surface area (Å²) in [5.41, 5.74) is 1.22. The van der Waals surface area contributed by atoms with Gasteiger partial charge in [0.05, 0.1) is 5.69 Å². The third-order valence-corrected chi connectivity index (χ3v) is 5.80. The van der Waals surface area contributed by atoms with Crippen LogP contribution in [0.2, 0.25) is 0 Å². The molecule has 3 fully saturated rings. The predicted molar refractivity (Wildman–Crippen MR) is 83.4 cm³/mol. The molecule has 20 heavy (non-hydrogen) atoms. The van der Waals surface area contributed by atoms with E-state index in [0.717, 1.165) is 18.6 Å². The number of hydrogen-bond donors (Lipinski definition) is 1. The summed E-state index contributed by atoms with van der Waals surface area (Å²) in [7, 11) is 0. The lowest BCUT2D eigenvalue weighted by Crippen LogP contribution is -2.55. The second-order valence-electron chi connectivity index (χ2n) is 6.57. The van der Waals surface area contributed by atoms with E-state index < -0.39 is 0 Å². The first-order chi connectivity index (χ1) is 9.79. The Morgan fingerprint density at radius 1 is 1.35 bits per heavy atom. The highest BCUT2D eigenvalue weighted by Crippen LogP contribution is 2.30. The molecule has 110 valence electrons. The lowest BCUT2D eigenvalue weighted by Gasteiger charge is -2.42. The Hall–Kier alpha value is -0.650. The molecule has 3 heterocycles. The number of nitrogens with zero attached hydrogens (tertiary/aromatic N) is 3. The summed E-state index contributed by atoms with van der Waals surface area (Å²) in [6.07, 6.45) is 5.43. The monoisotopic (exact) mass is 292 g/mol. The van der Waals surface area contributed by atoms with Crippen LogP contribution in [0.3, 0.4) is 0 Å². The summed E-state index contributed by atoms with van der Waals surface area (Å²) in [6.45, 7) is 6.97. The number of hydrogen-bond acceptors (Lipinski definition) is 5.